The van der Waals surface area contributed by atoms with Crippen LogP contribution in [-0.4, -0.2) is 46.5 Å². The van der Waals surface area contributed by atoms with E-state index in [4.69, 9.17) is 10.5 Å². The average molecular weight is 502 g/mol. The number of hydrogen-bond donors (Lipinski definition) is 2. The van der Waals surface area contributed by atoms with Crippen molar-refractivity contribution >= 4 is 6.09 Å². The summed E-state index contributed by atoms with van der Waals surface area (Å²) < 4.78 is 60.7. The Morgan fingerprint density at radius 2 is 1.69 bits per heavy atom. The number of aliphatic hydroxyl groups is 1. The largest absolute Gasteiger partial charge is 0.444 e. The molecule has 1 heterocycles. The summed E-state index contributed by atoms with van der Waals surface area (Å²) >= 11 is 0. The second-order valence-electron chi connectivity index (χ2n) is 9.75. The van der Waals surface area contributed by atoms with Gasteiger partial charge in [0.05, 0.1) is 16.9 Å². The van der Waals surface area contributed by atoms with Gasteiger partial charge in [0, 0.05) is 19.2 Å². The Hall–Kier alpha value is -2.72. The van der Waals surface area contributed by atoms with Crippen molar-refractivity contribution in [1.82, 2.24) is 9.88 Å². The quantitative estimate of drug-likeness (QED) is 0.518. The van der Waals surface area contributed by atoms with E-state index in [-0.39, 0.29) is 24.2 Å². The fourth-order valence-corrected chi connectivity index (χ4v) is 3.17. The molecule has 1 aromatic carbocycles. The topological polar surface area (TPSA) is 88.7 Å². The predicted molar refractivity (Wildman–Crippen MR) is 127 cm³/mol. The van der Waals surface area contributed by atoms with Gasteiger partial charge in [-0.3, -0.25) is 0 Å². The molecular formula is C25H35F4N3O3. The predicted octanol–water partition coefficient (Wildman–Crippen LogP) is 5.64. The van der Waals surface area contributed by atoms with Crippen LogP contribution in [0.4, 0.5) is 22.4 Å². The number of carbonyl (C=O) groups excluding carboxylic acids is 1. The molecule has 2 aromatic rings. The first-order chi connectivity index (χ1) is 15.3. The van der Waals surface area contributed by atoms with Crippen molar-refractivity contribution in [3.63, 3.8) is 0 Å². The maximum absolute atomic E-state index is 13.8. The monoisotopic (exact) mass is 501 g/mol. The number of halogens is 4. The van der Waals surface area contributed by atoms with Crippen LogP contribution in [0.3, 0.4) is 0 Å². The maximum atomic E-state index is 13.8. The summed E-state index contributed by atoms with van der Waals surface area (Å²) in [6.07, 6.45) is -5.81. The molecule has 0 spiro atoms. The Bertz CT molecular complexity index is 1060. The molecule has 10 heteroatoms. The summed E-state index contributed by atoms with van der Waals surface area (Å²) in [5.41, 5.74) is 0.0822. The number of hydrogen-bond acceptors (Lipinski definition) is 5. The molecule has 0 aliphatic heterocycles. The molecule has 0 bridgehead atoms. The van der Waals surface area contributed by atoms with Crippen molar-refractivity contribution in [2.24, 2.45) is 5.73 Å². The third-order valence-electron chi connectivity index (χ3n) is 5.68. The van der Waals surface area contributed by atoms with Crippen LogP contribution in [0, 0.1) is 12.7 Å². The van der Waals surface area contributed by atoms with E-state index in [1.54, 1.807) is 34.6 Å². The van der Waals surface area contributed by atoms with Crippen LogP contribution in [0.5, 0.6) is 0 Å². The fraction of sp³-hybridized carbons (Fsp3) is 0.520. The second kappa shape index (κ2) is 10.1. The van der Waals surface area contributed by atoms with Crippen LogP contribution in [-0.2, 0) is 15.9 Å². The fourth-order valence-electron chi connectivity index (χ4n) is 3.17. The van der Waals surface area contributed by atoms with Crippen LogP contribution in [0.1, 0.15) is 58.9 Å². The van der Waals surface area contributed by atoms with Gasteiger partial charge in [0.2, 0.25) is 5.60 Å². The zero-order valence-electron chi connectivity index (χ0n) is 20.3. The molecule has 196 valence electrons. The molecule has 2 rings (SSSR count). The molecule has 1 amide bonds. The van der Waals surface area contributed by atoms with Crippen molar-refractivity contribution in [1.29, 1.82) is 0 Å². The Balaban J connectivity index is 0.00000612. The number of nitrogens with zero attached hydrogens (tertiary/aromatic N) is 2. The molecule has 0 fully saturated rings. The molecule has 1 atom stereocenters. The van der Waals surface area contributed by atoms with Gasteiger partial charge in [-0.1, -0.05) is 7.43 Å². The van der Waals surface area contributed by atoms with Gasteiger partial charge in [0.15, 0.2) is 0 Å². The number of benzene rings is 1. The number of ether oxygens (including phenoxy) is 1. The molecule has 1 aromatic heterocycles. The van der Waals surface area contributed by atoms with Gasteiger partial charge in [0.25, 0.3) is 0 Å². The Kier molecular flexibility index (Phi) is 8.75. The highest BCUT2D eigenvalue weighted by atomic mass is 19.4. The number of nitrogens with two attached hydrogens (primary N) is 1. The van der Waals surface area contributed by atoms with E-state index in [0.29, 0.717) is 5.56 Å². The van der Waals surface area contributed by atoms with Gasteiger partial charge in [-0.2, -0.15) is 13.2 Å². The number of carbonyl (C=O) groups is 1. The first-order valence-corrected chi connectivity index (χ1v) is 10.6. The Morgan fingerprint density at radius 1 is 1.11 bits per heavy atom. The highest BCUT2D eigenvalue weighted by Crippen LogP contribution is 2.40. The molecule has 6 nitrogen and oxygen atoms in total. The minimum absolute atomic E-state index is 0. The van der Waals surface area contributed by atoms with Gasteiger partial charge in [-0.25, -0.2) is 14.2 Å². The summed E-state index contributed by atoms with van der Waals surface area (Å²) in [5, 5.41) is 10.5. The number of amides is 1. The lowest BCUT2D eigenvalue weighted by Crippen LogP contribution is -2.49. The second-order valence-corrected chi connectivity index (χ2v) is 9.75. The van der Waals surface area contributed by atoms with Crippen molar-refractivity contribution in [2.75, 3.05) is 13.6 Å². The van der Waals surface area contributed by atoms with Gasteiger partial charge in [-0.15, -0.1) is 0 Å². The Labute approximate surface area is 204 Å². The summed E-state index contributed by atoms with van der Waals surface area (Å²) in [7, 11) is 1.45. The molecular weight excluding hydrogens is 466 g/mol. The number of alkyl halides is 3. The Morgan fingerprint density at radius 3 is 2.14 bits per heavy atom. The molecule has 0 aliphatic carbocycles. The number of pyridine rings is 1. The SMILES string of the molecule is C.Cc1cc(-c2cc(C(C)(C)N(C)C(=O)OC(C)(C)C)cc(C(O)(CN)C(F)(F)F)n2)ccc1F. The minimum Gasteiger partial charge on any atom is -0.444 e. The number of aryl methyl sites for hydroxylation is 1. The van der Waals surface area contributed by atoms with Crippen LogP contribution in [0.25, 0.3) is 11.3 Å². The third-order valence-corrected chi connectivity index (χ3v) is 5.68. The van der Waals surface area contributed by atoms with Gasteiger partial charge < -0.3 is 20.5 Å². The molecule has 0 radical (unpaired) electrons. The average Bonchev–Trinajstić information content (AvgIpc) is 2.72. The van der Waals surface area contributed by atoms with Gasteiger partial charge in [0.1, 0.15) is 11.4 Å². The van der Waals surface area contributed by atoms with Crippen LogP contribution in [0.2, 0.25) is 0 Å². The van der Waals surface area contributed by atoms with Crippen LogP contribution in [0.15, 0.2) is 30.3 Å². The maximum Gasteiger partial charge on any atom is 0.424 e. The van der Waals surface area contributed by atoms with Crippen molar-refractivity contribution in [2.45, 2.75) is 71.9 Å². The summed E-state index contributed by atoms with van der Waals surface area (Å²) in [6, 6.07) is 6.55. The van der Waals surface area contributed by atoms with E-state index >= 15 is 0 Å². The van der Waals surface area contributed by atoms with Crippen LogP contribution >= 0.6 is 0 Å². The van der Waals surface area contributed by atoms with Crippen LogP contribution < -0.4 is 5.73 Å². The van der Waals surface area contributed by atoms with E-state index < -0.39 is 47.1 Å². The van der Waals surface area contributed by atoms with Crippen molar-refractivity contribution < 1.29 is 32.2 Å². The van der Waals surface area contributed by atoms with Crippen molar-refractivity contribution in [3.05, 3.63) is 53.0 Å². The van der Waals surface area contributed by atoms with E-state index in [9.17, 15) is 27.5 Å². The molecule has 0 saturated heterocycles. The molecule has 0 aliphatic rings. The normalized spacial score (nSPS) is 14.1. The van der Waals surface area contributed by atoms with Gasteiger partial charge >= 0.3 is 12.3 Å². The smallest absolute Gasteiger partial charge is 0.424 e. The number of aromatic nitrogens is 1. The lowest BCUT2D eigenvalue weighted by Gasteiger charge is -2.38. The highest BCUT2D eigenvalue weighted by molar-refractivity contribution is 5.70. The molecule has 3 N–H and O–H groups in total. The van der Waals surface area contributed by atoms with E-state index in [2.05, 4.69) is 4.98 Å². The zero-order valence-corrected chi connectivity index (χ0v) is 20.3. The van der Waals surface area contributed by atoms with E-state index in [1.807, 2.05) is 0 Å². The summed E-state index contributed by atoms with van der Waals surface area (Å²) in [5.74, 6) is -0.487. The van der Waals surface area contributed by atoms with E-state index in [1.165, 1.54) is 43.1 Å². The van der Waals surface area contributed by atoms with Crippen molar-refractivity contribution in [3.8, 4) is 11.3 Å². The molecule has 1 unspecified atom stereocenters. The lowest BCUT2D eigenvalue weighted by molar-refractivity contribution is -0.263. The molecule has 0 saturated carbocycles. The molecule has 35 heavy (non-hydrogen) atoms. The summed E-state index contributed by atoms with van der Waals surface area (Å²) in [6.45, 7) is 8.64. The summed E-state index contributed by atoms with van der Waals surface area (Å²) in [4.78, 5) is 18.0. The first-order valence-electron chi connectivity index (χ1n) is 10.6. The van der Waals surface area contributed by atoms with Gasteiger partial charge in [-0.05, 0) is 83.0 Å². The minimum atomic E-state index is -5.12. The standard InChI is InChI=1S/C24H31F4N3O3.CH4/c1-14-10-15(8-9-17(14)25)18-11-16(12-19(30-18)23(33,13-29)24(26,27)28)22(5,6)31(7)20(32)34-21(2,3)4;/h8-12,33H,13,29H2,1-7H3;1H4. The zero-order chi connectivity index (χ0) is 26.3. The number of rotatable bonds is 5. The highest BCUT2D eigenvalue weighted by Gasteiger charge is 2.55. The third kappa shape index (κ3) is 6.29. The lowest BCUT2D eigenvalue weighted by atomic mass is 9.88. The first kappa shape index (κ1) is 30.3. The van der Waals surface area contributed by atoms with E-state index in [0.717, 1.165) is 6.07 Å².